The molecule has 0 aliphatic heterocycles. The van der Waals surface area contributed by atoms with Crippen LogP contribution in [0.25, 0.3) is 0 Å². The average Bonchev–Trinajstić information content (AvgIpc) is 2.25. The van der Waals surface area contributed by atoms with Gasteiger partial charge < -0.3 is 4.84 Å². The van der Waals surface area contributed by atoms with Crippen molar-refractivity contribution in [3.8, 4) is 0 Å². The normalized spacial score (nSPS) is 27.1. The summed E-state index contributed by atoms with van der Waals surface area (Å²) < 4.78 is 0. The molecule has 0 amide bonds. The lowest BCUT2D eigenvalue weighted by Crippen LogP contribution is -2.37. The molecule has 1 rings (SSSR count). The van der Waals surface area contributed by atoms with Gasteiger partial charge in [-0.3, -0.25) is 10.1 Å². The van der Waals surface area contributed by atoms with Gasteiger partial charge in [-0.05, 0) is 12.8 Å². The fourth-order valence-electron chi connectivity index (χ4n) is 2.26. The van der Waals surface area contributed by atoms with E-state index in [1.807, 2.05) is 0 Å². The van der Waals surface area contributed by atoms with Crippen LogP contribution in [-0.4, -0.2) is 22.2 Å². The predicted molar refractivity (Wildman–Crippen MR) is 59.6 cm³/mol. The Morgan fingerprint density at radius 1 is 0.882 bits per heavy atom. The second-order valence-electron chi connectivity index (χ2n) is 4.42. The Morgan fingerprint density at radius 2 is 1.41 bits per heavy atom. The molecule has 0 N–H and O–H groups in total. The van der Waals surface area contributed by atoms with Crippen LogP contribution in [0.15, 0.2) is 0 Å². The summed E-state index contributed by atoms with van der Waals surface area (Å²) in [6, 6.07) is -0.946. The van der Waals surface area contributed by atoms with E-state index in [0.29, 0.717) is 12.8 Å². The lowest BCUT2D eigenvalue weighted by atomic mass is 9.95. The minimum Gasteiger partial charge on any atom is -0.303 e. The van der Waals surface area contributed by atoms with Crippen molar-refractivity contribution >= 4 is 0 Å². The Morgan fingerprint density at radius 3 is 1.94 bits per heavy atom. The highest BCUT2D eigenvalue weighted by Gasteiger charge is 2.33. The fraction of sp³-hybridized carbons (Fsp3) is 1.00. The van der Waals surface area contributed by atoms with Crippen molar-refractivity contribution in [2.24, 2.45) is 0 Å². The second kappa shape index (κ2) is 7.03. The molecule has 7 nitrogen and oxygen atoms in total. The summed E-state index contributed by atoms with van der Waals surface area (Å²) in [6.45, 7) is 0. The van der Waals surface area contributed by atoms with Gasteiger partial charge in [0.15, 0.2) is 6.10 Å². The van der Waals surface area contributed by atoms with E-state index in [1.165, 1.54) is 0 Å². The highest BCUT2D eigenvalue weighted by Crippen LogP contribution is 2.21. The topological polar surface area (TPSA) is 95.5 Å². The lowest BCUT2D eigenvalue weighted by Gasteiger charge is -2.20. The van der Waals surface area contributed by atoms with Gasteiger partial charge >= 0.3 is 0 Å². The molecule has 1 aliphatic carbocycles. The molecule has 17 heavy (non-hydrogen) atoms. The Hall–Kier alpha value is -1.40. The molecular weight excluding hydrogens is 228 g/mol. The van der Waals surface area contributed by atoms with Gasteiger partial charge in [0.25, 0.3) is 5.09 Å². The zero-order valence-electron chi connectivity index (χ0n) is 9.75. The van der Waals surface area contributed by atoms with E-state index < -0.39 is 22.2 Å². The van der Waals surface area contributed by atoms with Gasteiger partial charge in [0.1, 0.15) is 0 Å². The zero-order valence-corrected chi connectivity index (χ0v) is 9.75. The number of nitrogens with zero attached hydrogens (tertiary/aromatic N) is 2. The molecule has 0 aromatic rings. The average molecular weight is 246 g/mol. The smallest absolute Gasteiger partial charge is 0.295 e. The maximum atomic E-state index is 10.9. The number of nitro groups is 1. The summed E-state index contributed by atoms with van der Waals surface area (Å²) in [5.41, 5.74) is 0. The van der Waals surface area contributed by atoms with Crippen molar-refractivity contribution in [3.63, 3.8) is 0 Å². The van der Waals surface area contributed by atoms with E-state index in [1.54, 1.807) is 0 Å². The van der Waals surface area contributed by atoms with Crippen LogP contribution in [0.5, 0.6) is 0 Å². The Balaban J connectivity index is 2.65. The van der Waals surface area contributed by atoms with Gasteiger partial charge in [0.05, 0.1) is 0 Å². The number of hydrogen-bond acceptors (Lipinski definition) is 5. The zero-order chi connectivity index (χ0) is 12.7. The fourth-order valence-corrected chi connectivity index (χ4v) is 2.26. The molecule has 0 bridgehead atoms. The molecule has 1 fully saturated rings. The monoisotopic (exact) mass is 246 g/mol. The molecule has 0 saturated heterocycles. The van der Waals surface area contributed by atoms with Crippen molar-refractivity contribution in [2.75, 3.05) is 0 Å². The van der Waals surface area contributed by atoms with Crippen molar-refractivity contribution < 1.29 is 14.8 Å². The Bertz CT molecular complexity index is 271. The molecule has 7 heteroatoms. The maximum Gasteiger partial charge on any atom is 0.295 e. The van der Waals surface area contributed by atoms with Crippen LogP contribution in [0, 0.1) is 20.2 Å². The van der Waals surface area contributed by atoms with Gasteiger partial charge in [-0.2, -0.15) is 0 Å². The molecule has 0 heterocycles. The van der Waals surface area contributed by atoms with E-state index >= 15 is 0 Å². The molecule has 1 saturated carbocycles. The van der Waals surface area contributed by atoms with Gasteiger partial charge in [-0.15, -0.1) is 10.1 Å². The van der Waals surface area contributed by atoms with E-state index in [9.17, 15) is 20.2 Å². The first-order valence-electron chi connectivity index (χ1n) is 6.06. The number of rotatable bonds is 3. The van der Waals surface area contributed by atoms with E-state index in [2.05, 4.69) is 4.84 Å². The summed E-state index contributed by atoms with van der Waals surface area (Å²) in [5.74, 6) is 0. The van der Waals surface area contributed by atoms with Crippen LogP contribution in [0.3, 0.4) is 0 Å². The quantitative estimate of drug-likeness (QED) is 0.562. The molecule has 0 aromatic heterocycles. The van der Waals surface area contributed by atoms with Crippen molar-refractivity contribution in [1.82, 2.24) is 0 Å². The van der Waals surface area contributed by atoms with E-state index in [-0.39, 0.29) is 0 Å². The highest BCUT2D eigenvalue weighted by atomic mass is 17.0. The molecule has 0 spiro atoms. The Labute approximate surface area is 99.4 Å². The Kier molecular flexibility index (Phi) is 5.65. The summed E-state index contributed by atoms with van der Waals surface area (Å²) in [6.07, 6.45) is 5.46. The summed E-state index contributed by atoms with van der Waals surface area (Å²) in [5, 5.41) is 20.4. The van der Waals surface area contributed by atoms with Crippen molar-refractivity contribution in [1.29, 1.82) is 0 Å². The minimum absolute atomic E-state index is 0.367. The third-order valence-electron chi connectivity index (χ3n) is 3.16. The van der Waals surface area contributed by atoms with Gasteiger partial charge in [-0.25, -0.2) is 0 Å². The maximum absolute atomic E-state index is 10.9. The van der Waals surface area contributed by atoms with Crippen molar-refractivity contribution in [2.45, 2.75) is 63.5 Å². The highest BCUT2D eigenvalue weighted by molar-refractivity contribution is 4.70. The molecule has 98 valence electrons. The van der Waals surface area contributed by atoms with E-state index in [0.717, 1.165) is 38.5 Å². The van der Waals surface area contributed by atoms with Gasteiger partial charge in [0, 0.05) is 11.3 Å². The molecule has 2 atom stereocenters. The SMILES string of the molecule is O=[N+]([O-])OC1CCCCCCCCC1[N+](=O)[O-]. The standard InChI is InChI=1S/C10H18N2O5/c13-11(14)9-7-5-3-1-2-4-6-8-10(9)17-12(15)16/h9-10H,1-8H2. The minimum atomic E-state index is -0.946. The van der Waals surface area contributed by atoms with Crippen LogP contribution in [0.4, 0.5) is 0 Å². The largest absolute Gasteiger partial charge is 0.303 e. The van der Waals surface area contributed by atoms with Crippen LogP contribution >= 0.6 is 0 Å². The van der Waals surface area contributed by atoms with Crippen LogP contribution in [0.1, 0.15) is 51.4 Å². The number of hydrogen-bond donors (Lipinski definition) is 0. The first-order valence-corrected chi connectivity index (χ1v) is 6.06. The van der Waals surface area contributed by atoms with Crippen LogP contribution in [-0.2, 0) is 4.84 Å². The predicted octanol–water partition coefficient (Wildman–Crippen LogP) is 2.34. The molecule has 0 radical (unpaired) electrons. The van der Waals surface area contributed by atoms with Crippen LogP contribution in [0.2, 0.25) is 0 Å². The van der Waals surface area contributed by atoms with Gasteiger partial charge in [0.2, 0.25) is 6.04 Å². The third kappa shape index (κ3) is 4.97. The summed E-state index contributed by atoms with van der Waals surface area (Å²) >= 11 is 0. The lowest BCUT2D eigenvalue weighted by molar-refractivity contribution is -0.778. The molecular formula is C10H18N2O5. The van der Waals surface area contributed by atoms with Gasteiger partial charge in [-0.1, -0.05) is 32.1 Å². The van der Waals surface area contributed by atoms with Crippen LogP contribution < -0.4 is 0 Å². The first kappa shape index (κ1) is 13.7. The third-order valence-corrected chi connectivity index (χ3v) is 3.16. The second-order valence-corrected chi connectivity index (χ2v) is 4.42. The van der Waals surface area contributed by atoms with E-state index in [4.69, 9.17) is 0 Å². The molecule has 0 aromatic carbocycles. The molecule has 1 aliphatic rings. The first-order chi connectivity index (χ1) is 8.11. The molecule has 2 unspecified atom stereocenters. The summed E-state index contributed by atoms with van der Waals surface area (Å²) in [7, 11) is 0. The van der Waals surface area contributed by atoms with Crippen molar-refractivity contribution in [3.05, 3.63) is 20.2 Å². The summed E-state index contributed by atoms with van der Waals surface area (Å²) in [4.78, 5) is 25.3.